The first-order chi connectivity index (χ1) is 9.38. The smallest absolute Gasteiger partial charge is 0.119 e. The molecule has 3 nitrogen and oxygen atoms in total. The SMILES string of the molecule is CC(C)C(CNC(C)(C)C)OCCOc1ccccc1. The predicted octanol–water partition coefficient (Wildman–Crippen LogP) is 3.49. The zero-order valence-electron chi connectivity index (χ0n) is 13.5. The third kappa shape index (κ3) is 7.51. The van der Waals surface area contributed by atoms with Gasteiger partial charge in [0.25, 0.3) is 0 Å². The predicted molar refractivity (Wildman–Crippen MR) is 84.3 cm³/mol. The van der Waals surface area contributed by atoms with E-state index in [9.17, 15) is 0 Å². The van der Waals surface area contributed by atoms with E-state index in [-0.39, 0.29) is 11.6 Å². The summed E-state index contributed by atoms with van der Waals surface area (Å²) in [6.45, 7) is 13.0. The van der Waals surface area contributed by atoms with Crippen LogP contribution in [0.25, 0.3) is 0 Å². The number of hydrogen-bond acceptors (Lipinski definition) is 3. The highest BCUT2D eigenvalue weighted by Gasteiger charge is 2.17. The minimum atomic E-state index is 0.122. The number of ether oxygens (including phenoxy) is 2. The fraction of sp³-hybridized carbons (Fsp3) is 0.647. The Morgan fingerprint density at radius 3 is 2.25 bits per heavy atom. The molecule has 0 heterocycles. The van der Waals surface area contributed by atoms with E-state index in [1.165, 1.54) is 0 Å². The largest absolute Gasteiger partial charge is 0.491 e. The van der Waals surface area contributed by atoms with Crippen LogP contribution in [0, 0.1) is 5.92 Å². The average Bonchev–Trinajstić information content (AvgIpc) is 2.37. The lowest BCUT2D eigenvalue weighted by molar-refractivity contribution is 0.00484. The molecule has 1 unspecified atom stereocenters. The lowest BCUT2D eigenvalue weighted by Crippen LogP contribution is -2.43. The molecule has 1 N–H and O–H groups in total. The summed E-state index contributed by atoms with van der Waals surface area (Å²) in [5.41, 5.74) is 0.122. The molecular weight excluding hydrogens is 250 g/mol. The molecule has 0 spiro atoms. The Bertz CT molecular complexity index is 357. The topological polar surface area (TPSA) is 30.5 Å². The minimum absolute atomic E-state index is 0.122. The summed E-state index contributed by atoms with van der Waals surface area (Å²) in [7, 11) is 0. The second-order valence-corrected chi connectivity index (χ2v) is 6.45. The standard InChI is InChI=1S/C17H29NO2/c1-14(2)16(13-18-17(3,4)5)20-12-11-19-15-9-7-6-8-10-15/h6-10,14,16,18H,11-13H2,1-5H3. The first-order valence-corrected chi connectivity index (χ1v) is 7.43. The Morgan fingerprint density at radius 1 is 1.05 bits per heavy atom. The summed E-state index contributed by atoms with van der Waals surface area (Å²) in [5.74, 6) is 1.38. The average molecular weight is 279 g/mol. The van der Waals surface area contributed by atoms with E-state index < -0.39 is 0 Å². The summed E-state index contributed by atoms with van der Waals surface area (Å²) in [6.07, 6.45) is 0.216. The molecular formula is C17H29NO2. The highest BCUT2D eigenvalue weighted by atomic mass is 16.5. The molecule has 1 aromatic rings. The van der Waals surface area contributed by atoms with Crippen molar-refractivity contribution in [1.29, 1.82) is 0 Å². The van der Waals surface area contributed by atoms with Crippen molar-refractivity contribution < 1.29 is 9.47 Å². The van der Waals surface area contributed by atoms with Gasteiger partial charge in [-0.1, -0.05) is 32.0 Å². The molecule has 1 atom stereocenters. The number of rotatable bonds is 8. The molecule has 0 aliphatic heterocycles. The van der Waals surface area contributed by atoms with Gasteiger partial charge in [0.1, 0.15) is 12.4 Å². The van der Waals surface area contributed by atoms with Gasteiger partial charge in [-0.3, -0.25) is 0 Å². The van der Waals surface area contributed by atoms with Gasteiger partial charge in [-0.25, -0.2) is 0 Å². The Hall–Kier alpha value is -1.06. The van der Waals surface area contributed by atoms with Gasteiger partial charge in [-0.05, 0) is 38.8 Å². The fourth-order valence-corrected chi connectivity index (χ4v) is 1.77. The minimum Gasteiger partial charge on any atom is -0.491 e. The van der Waals surface area contributed by atoms with Gasteiger partial charge in [0, 0.05) is 12.1 Å². The molecule has 0 aliphatic carbocycles. The van der Waals surface area contributed by atoms with Crippen LogP contribution in [0.3, 0.4) is 0 Å². The van der Waals surface area contributed by atoms with E-state index in [4.69, 9.17) is 9.47 Å². The third-order valence-electron chi connectivity index (χ3n) is 3.00. The molecule has 1 rings (SSSR count). The van der Waals surface area contributed by atoms with E-state index in [0.29, 0.717) is 19.1 Å². The molecule has 0 saturated heterocycles. The second-order valence-electron chi connectivity index (χ2n) is 6.45. The quantitative estimate of drug-likeness (QED) is 0.739. The van der Waals surface area contributed by atoms with Crippen molar-refractivity contribution in [3.63, 3.8) is 0 Å². The molecule has 0 radical (unpaired) electrons. The fourth-order valence-electron chi connectivity index (χ4n) is 1.77. The van der Waals surface area contributed by atoms with Crippen molar-refractivity contribution in [1.82, 2.24) is 5.32 Å². The van der Waals surface area contributed by atoms with Crippen molar-refractivity contribution in [2.45, 2.75) is 46.3 Å². The van der Waals surface area contributed by atoms with Gasteiger partial charge < -0.3 is 14.8 Å². The van der Waals surface area contributed by atoms with Crippen molar-refractivity contribution in [2.24, 2.45) is 5.92 Å². The Morgan fingerprint density at radius 2 is 1.70 bits per heavy atom. The van der Waals surface area contributed by atoms with Crippen LogP contribution in [0.4, 0.5) is 0 Å². The molecule has 0 saturated carbocycles. The van der Waals surface area contributed by atoms with Crippen LogP contribution in [0.1, 0.15) is 34.6 Å². The maximum atomic E-state index is 5.93. The van der Waals surface area contributed by atoms with Crippen LogP contribution >= 0.6 is 0 Å². The van der Waals surface area contributed by atoms with Crippen LogP contribution in [0.2, 0.25) is 0 Å². The van der Waals surface area contributed by atoms with Gasteiger partial charge in [0.15, 0.2) is 0 Å². The van der Waals surface area contributed by atoms with E-state index in [2.05, 4.69) is 39.9 Å². The Balaban J connectivity index is 2.25. The first-order valence-electron chi connectivity index (χ1n) is 7.43. The van der Waals surface area contributed by atoms with E-state index in [1.54, 1.807) is 0 Å². The maximum absolute atomic E-state index is 5.93. The van der Waals surface area contributed by atoms with Crippen LogP contribution in [-0.4, -0.2) is 31.4 Å². The van der Waals surface area contributed by atoms with Crippen molar-refractivity contribution in [2.75, 3.05) is 19.8 Å². The lowest BCUT2D eigenvalue weighted by atomic mass is 10.0. The Labute approximate surface area is 123 Å². The third-order valence-corrected chi connectivity index (χ3v) is 3.00. The lowest BCUT2D eigenvalue weighted by Gasteiger charge is -2.27. The summed E-state index contributed by atoms with van der Waals surface area (Å²) < 4.78 is 11.6. The van der Waals surface area contributed by atoms with Crippen LogP contribution in [-0.2, 0) is 4.74 Å². The van der Waals surface area contributed by atoms with E-state index >= 15 is 0 Å². The normalized spacial score (nSPS) is 13.5. The summed E-state index contributed by atoms with van der Waals surface area (Å²) in [5, 5.41) is 3.50. The molecule has 0 amide bonds. The second kappa shape index (κ2) is 8.28. The molecule has 3 heteroatoms. The van der Waals surface area contributed by atoms with Crippen LogP contribution in [0.5, 0.6) is 5.75 Å². The molecule has 0 fully saturated rings. The highest BCUT2D eigenvalue weighted by Crippen LogP contribution is 2.10. The zero-order chi connectivity index (χ0) is 15.0. The summed E-state index contributed by atoms with van der Waals surface area (Å²) >= 11 is 0. The number of para-hydroxylation sites is 1. The molecule has 0 bridgehead atoms. The molecule has 114 valence electrons. The van der Waals surface area contributed by atoms with Crippen LogP contribution in [0.15, 0.2) is 30.3 Å². The Kier molecular flexibility index (Phi) is 7.03. The van der Waals surface area contributed by atoms with Gasteiger partial charge in [-0.15, -0.1) is 0 Å². The molecule has 1 aromatic carbocycles. The van der Waals surface area contributed by atoms with Gasteiger partial charge in [0.2, 0.25) is 0 Å². The maximum Gasteiger partial charge on any atom is 0.119 e. The van der Waals surface area contributed by atoms with Gasteiger partial charge in [-0.2, -0.15) is 0 Å². The number of benzene rings is 1. The molecule has 20 heavy (non-hydrogen) atoms. The number of hydrogen-bond donors (Lipinski definition) is 1. The number of nitrogens with one attached hydrogen (secondary N) is 1. The molecule has 0 aliphatic rings. The monoisotopic (exact) mass is 279 g/mol. The van der Waals surface area contributed by atoms with Gasteiger partial charge in [0.05, 0.1) is 12.7 Å². The van der Waals surface area contributed by atoms with Crippen molar-refractivity contribution >= 4 is 0 Å². The van der Waals surface area contributed by atoms with Gasteiger partial charge >= 0.3 is 0 Å². The van der Waals surface area contributed by atoms with Crippen molar-refractivity contribution in [3.05, 3.63) is 30.3 Å². The highest BCUT2D eigenvalue weighted by molar-refractivity contribution is 5.20. The summed E-state index contributed by atoms with van der Waals surface area (Å²) in [4.78, 5) is 0. The first kappa shape index (κ1) is 17.0. The van der Waals surface area contributed by atoms with Crippen LogP contribution < -0.4 is 10.1 Å². The zero-order valence-corrected chi connectivity index (χ0v) is 13.5. The molecule has 0 aromatic heterocycles. The summed E-state index contributed by atoms with van der Waals surface area (Å²) in [6, 6.07) is 9.85. The van der Waals surface area contributed by atoms with Crippen molar-refractivity contribution in [3.8, 4) is 5.75 Å². The van der Waals surface area contributed by atoms with E-state index in [0.717, 1.165) is 12.3 Å². The van der Waals surface area contributed by atoms with E-state index in [1.807, 2.05) is 30.3 Å².